The average molecular weight is 252 g/mol. The third-order valence-corrected chi connectivity index (χ3v) is 3.83. The predicted octanol–water partition coefficient (Wildman–Crippen LogP) is 1.51. The normalized spacial score (nSPS) is 26.8. The van der Waals surface area contributed by atoms with Crippen LogP contribution in [0.1, 0.15) is 18.0 Å². The highest BCUT2D eigenvalue weighted by atomic mass is 19.1. The molecule has 0 aliphatic carbocycles. The topological polar surface area (TPSA) is 47.7 Å². The molecule has 5 heteroatoms. The summed E-state index contributed by atoms with van der Waals surface area (Å²) < 4.78 is 24.2. The number of nitrogens with zero attached hydrogens (tertiary/aromatic N) is 1. The van der Waals surface area contributed by atoms with Crippen molar-refractivity contribution in [2.75, 3.05) is 26.9 Å². The lowest BCUT2D eigenvalue weighted by atomic mass is 9.98. The summed E-state index contributed by atoms with van der Waals surface area (Å²) in [6, 6.07) is 3.48. The third-order valence-electron chi connectivity index (χ3n) is 3.83. The Bertz CT molecular complexity index is 467. The lowest BCUT2D eigenvalue weighted by Crippen LogP contribution is -2.20. The number of ether oxygens (including phenoxy) is 2. The maximum absolute atomic E-state index is 13.6. The van der Waals surface area contributed by atoms with Crippen LogP contribution in [0.4, 0.5) is 4.39 Å². The van der Waals surface area contributed by atoms with Gasteiger partial charge in [0.1, 0.15) is 0 Å². The summed E-state index contributed by atoms with van der Waals surface area (Å²) in [4.78, 5) is 2.24. The van der Waals surface area contributed by atoms with Gasteiger partial charge in [-0.25, -0.2) is 4.39 Å². The zero-order valence-corrected chi connectivity index (χ0v) is 10.4. The molecule has 18 heavy (non-hydrogen) atoms. The van der Waals surface area contributed by atoms with Crippen molar-refractivity contribution in [2.45, 2.75) is 12.5 Å². The Morgan fingerprint density at radius 2 is 2.17 bits per heavy atom. The molecule has 2 N–H and O–H groups in total. The van der Waals surface area contributed by atoms with Gasteiger partial charge in [0, 0.05) is 18.2 Å². The summed E-state index contributed by atoms with van der Waals surface area (Å²) in [6.45, 7) is 1.75. The molecule has 3 rings (SSSR count). The average Bonchev–Trinajstić information content (AvgIpc) is 2.97. The maximum Gasteiger partial charge on any atom is 0.231 e. The number of likely N-dealkylation sites (tertiary alicyclic amines) is 1. The molecule has 2 heterocycles. The number of benzene rings is 1. The van der Waals surface area contributed by atoms with Crippen LogP contribution in [0.25, 0.3) is 0 Å². The first-order valence-corrected chi connectivity index (χ1v) is 6.19. The van der Waals surface area contributed by atoms with Crippen molar-refractivity contribution in [3.63, 3.8) is 0 Å². The van der Waals surface area contributed by atoms with Gasteiger partial charge in [-0.2, -0.15) is 0 Å². The number of nitrogens with two attached hydrogens (primary N) is 1. The zero-order chi connectivity index (χ0) is 12.7. The Hall–Kier alpha value is -1.33. The van der Waals surface area contributed by atoms with E-state index < -0.39 is 0 Å². The molecule has 2 aliphatic heterocycles. The Kier molecular flexibility index (Phi) is 2.87. The van der Waals surface area contributed by atoms with E-state index in [4.69, 9.17) is 15.2 Å². The first kappa shape index (κ1) is 11.7. The number of rotatable bonds is 2. The van der Waals surface area contributed by atoms with Crippen molar-refractivity contribution >= 4 is 0 Å². The van der Waals surface area contributed by atoms with Crippen molar-refractivity contribution in [3.8, 4) is 11.5 Å². The van der Waals surface area contributed by atoms with E-state index in [0.717, 1.165) is 18.5 Å². The van der Waals surface area contributed by atoms with Crippen LogP contribution < -0.4 is 15.2 Å². The smallest absolute Gasteiger partial charge is 0.231 e. The van der Waals surface area contributed by atoms with Crippen molar-refractivity contribution < 1.29 is 13.9 Å². The molecule has 1 aromatic rings. The number of fused-ring (bicyclic) bond motifs is 1. The molecule has 1 saturated heterocycles. The van der Waals surface area contributed by atoms with E-state index in [1.165, 1.54) is 6.07 Å². The van der Waals surface area contributed by atoms with E-state index in [1.807, 2.05) is 0 Å². The van der Waals surface area contributed by atoms with Gasteiger partial charge in [0.25, 0.3) is 0 Å². The fraction of sp³-hybridized carbons (Fsp3) is 0.538. The first-order chi connectivity index (χ1) is 8.70. The molecule has 1 fully saturated rings. The first-order valence-electron chi connectivity index (χ1n) is 6.19. The van der Waals surface area contributed by atoms with Gasteiger partial charge in [0.15, 0.2) is 11.6 Å². The third kappa shape index (κ3) is 1.74. The molecule has 0 aromatic heterocycles. The van der Waals surface area contributed by atoms with Gasteiger partial charge < -0.3 is 15.2 Å². The Labute approximate surface area is 105 Å². The second-order valence-corrected chi connectivity index (χ2v) is 4.99. The fourth-order valence-electron chi connectivity index (χ4n) is 2.89. The fourth-order valence-corrected chi connectivity index (χ4v) is 2.89. The molecule has 2 unspecified atom stereocenters. The van der Waals surface area contributed by atoms with E-state index >= 15 is 0 Å². The van der Waals surface area contributed by atoms with E-state index in [-0.39, 0.29) is 24.4 Å². The van der Waals surface area contributed by atoms with E-state index in [1.54, 1.807) is 6.07 Å². The Morgan fingerprint density at radius 3 is 2.89 bits per heavy atom. The predicted molar refractivity (Wildman–Crippen MR) is 65.1 cm³/mol. The molecule has 98 valence electrons. The molecule has 0 saturated carbocycles. The summed E-state index contributed by atoms with van der Waals surface area (Å²) in [5.74, 6) is 0.937. The minimum absolute atomic E-state index is 0.0972. The standard InChI is InChI=1S/C13H17FN2O2/c1-16-6-8(5-15)4-11(16)9-2-3-10(14)13-12(9)17-7-18-13/h2-3,8,11H,4-7,15H2,1H3. The van der Waals surface area contributed by atoms with Crippen LogP contribution in [0.15, 0.2) is 12.1 Å². The lowest BCUT2D eigenvalue weighted by molar-refractivity contribution is 0.169. The van der Waals surface area contributed by atoms with Crippen LogP contribution in [0.2, 0.25) is 0 Å². The molecule has 4 nitrogen and oxygen atoms in total. The maximum atomic E-state index is 13.6. The number of halogens is 1. The monoisotopic (exact) mass is 252 g/mol. The molecule has 0 radical (unpaired) electrons. The number of hydrogen-bond acceptors (Lipinski definition) is 4. The van der Waals surface area contributed by atoms with Crippen LogP contribution in [0.3, 0.4) is 0 Å². The van der Waals surface area contributed by atoms with Gasteiger partial charge in [-0.05, 0) is 32.0 Å². The summed E-state index contributed by atoms with van der Waals surface area (Å²) in [6.07, 6.45) is 0.981. The van der Waals surface area contributed by atoms with Gasteiger partial charge in [0.2, 0.25) is 12.5 Å². The van der Waals surface area contributed by atoms with Gasteiger partial charge in [-0.3, -0.25) is 4.90 Å². The number of hydrogen-bond donors (Lipinski definition) is 1. The molecule has 0 amide bonds. The lowest BCUT2D eigenvalue weighted by Gasteiger charge is -2.20. The highest BCUT2D eigenvalue weighted by Gasteiger charge is 2.34. The highest BCUT2D eigenvalue weighted by molar-refractivity contribution is 5.50. The van der Waals surface area contributed by atoms with E-state index in [9.17, 15) is 4.39 Å². The quantitative estimate of drug-likeness (QED) is 0.866. The molecule has 2 atom stereocenters. The van der Waals surface area contributed by atoms with Crippen molar-refractivity contribution in [2.24, 2.45) is 11.7 Å². The molecule has 0 bridgehead atoms. The largest absolute Gasteiger partial charge is 0.453 e. The molecule has 0 spiro atoms. The minimum Gasteiger partial charge on any atom is -0.453 e. The van der Waals surface area contributed by atoms with E-state index in [0.29, 0.717) is 18.2 Å². The molecular weight excluding hydrogens is 235 g/mol. The van der Waals surface area contributed by atoms with Crippen LogP contribution in [0, 0.1) is 11.7 Å². The summed E-state index contributed by atoms with van der Waals surface area (Å²) in [7, 11) is 2.06. The van der Waals surface area contributed by atoms with Gasteiger partial charge >= 0.3 is 0 Å². The second-order valence-electron chi connectivity index (χ2n) is 4.99. The molecular formula is C13H17FN2O2. The summed E-state index contributed by atoms with van der Waals surface area (Å²) in [5.41, 5.74) is 6.73. The van der Waals surface area contributed by atoms with Crippen molar-refractivity contribution in [3.05, 3.63) is 23.5 Å². The van der Waals surface area contributed by atoms with Gasteiger partial charge in [0.05, 0.1) is 0 Å². The van der Waals surface area contributed by atoms with Gasteiger partial charge in [-0.15, -0.1) is 0 Å². The van der Waals surface area contributed by atoms with Crippen LogP contribution in [0.5, 0.6) is 11.5 Å². The summed E-state index contributed by atoms with van der Waals surface area (Å²) >= 11 is 0. The second kappa shape index (κ2) is 4.40. The van der Waals surface area contributed by atoms with E-state index in [2.05, 4.69) is 11.9 Å². The highest BCUT2D eigenvalue weighted by Crippen LogP contribution is 2.45. The SMILES string of the molecule is CN1CC(CN)CC1c1ccc(F)c2c1OCO2. The Balaban J connectivity index is 1.96. The molecule has 1 aromatic carbocycles. The molecule has 2 aliphatic rings. The summed E-state index contributed by atoms with van der Waals surface area (Å²) in [5, 5.41) is 0. The van der Waals surface area contributed by atoms with Gasteiger partial charge in [-0.1, -0.05) is 6.07 Å². The Morgan fingerprint density at radius 1 is 1.39 bits per heavy atom. The van der Waals surface area contributed by atoms with Crippen LogP contribution in [-0.2, 0) is 0 Å². The van der Waals surface area contributed by atoms with Crippen LogP contribution in [-0.4, -0.2) is 31.8 Å². The van der Waals surface area contributed by atoms with Crippen LogP contribution >= 0.6 is 0 Å². The minimum atomic E-state index is -0.359. The van der Waals surface area contributed by atoms with Crippen molar-refractivity contribution in [1.29, 1.82) is 0 Å². The van der Waals surface area contributed by atoms with Crippen molar-refractivity contribution in [1.82, 2.24) is 4.90 Å². The zero-order valence-electron chi connectivity index (χ0n) is 10.4.